The van der Waals surface area contributed by atoms with E-state index in [4.69, 9.17) is 40.0 Å². The molecule has 2 heterocycles. The van der Waals surface area contributed by atoms with Crippen LogP contribution in [0.1, 0.15) is 50.0 Å². The minimum atomic E-state index is -1.40. The van der Waals surface area contributed by atoms with Gasteiger partial charge in [0.05, 0.1) is 13.2 Å². The second kappa shape index (κ2) is 13.5. The average molecular weight is 577 g/mol. The average Bonchev–Trinajstić information content (AvgIpc) is 3.41. The monoisotopic (exact) mass is 576 g/mol. The second-order valence-corrected chi connectivity index (χ2v) is 10.2. The molecule has 2 aromatic carbocycles. The third-order valence-electron chi connectivity index (χ3n) is 6.62. The van der Waals surface area contributed by atoms with E-state index < -0.39 is 48.4 Å². The van der Waals surface area contributed by atoms with Gasteiger partial charge in [-0.25, -0.2) is 0 Å². The Morgan fingerprint density at radius 3 is 2.30 bits per heavy atom. The van der Waals surface area contributed by atoms with Crippen LogP contribution in [0.25, 0.3) is 0 Å². The van der Waals surface area contributed by atoms with E-state index in [2.05, 4.69) is 0 Å². The molecule has 4 rings (SSSR count). The Kier molecular flexibility index (Phi) is 10.0. The quantitative estimate of drug-likeness (QED) is 0.351. The fourth-order valence-corrected chi connectivity index (χ4v) is 4.99. The molecule has 1 N–H and O–H groups in total. The van der Waals surface area contributed by atoms with Gasteiger partial charge in [-0.1, -0.05) is 35.9 Å². The maximum Gasteiger partial charge on any atom is 0.303 e. The molecule has 2 saturated heterocycles. The lowest BCUT2D eigenvalue weighted by Crippen LogP contribution is -2.58. The topological polar surface area (TPSA) is 127 Å². The molecule has 10 nitrogen and oxygen atoms in total. The van der Waals surface area contributed by atoms with Crippen LogP contribution >= 0.6 is 11.6 Å². The first-order valence-electron chi connectivity index (χ1n) is 13.0. The fraction of sp³-hybridized carbons (Fsp3) is 0.483. The maximum atomic E-state index is 11.9. The molecule has 2 aliphatic rings. The van der Waals surface area contributed by atoms with Crippen LogP contribution in [-0.2, 0) is 44.5 Å². The Morgan fingerprint density at radius 1 is 0.975 bits per heavy atom. The third-order valence-corrected chi connectivity index (χ3v) is 6.99. The van der Waals surface area contributed by atoms with E-state index in [9.17, 15) is 19.5 Å². The smallest absolute Gasteiger partial charge is 0.303 e. The minimum absolute atomic E-state index is 0.0554. The Bertz CT molecular complexity index is 1190. The highest BCUT2D eigenvalue weighted by Crippen LogP contribution is 2.37. The van der Waals surface area contributed by atoms with Crippen LogP contribution in [0.2, 0.25) is 5.02 Å². The molecule has 0 aliphatic carbocycles. The third kappa shape index (κ3) is 7.72. The van der Waals surface area contributed by atoms with Crippen molar-refractivity contribution in [1.82, 2.24) is 0 Å². The fourth-order valence-electron chi connectivity index (χ4n) is 4.81. The molecule has 0 aromatic heterocycles. The number of aliphatic hydroxyl groups is 1. The van der Waals surface area contributed by atoms with E-state index in [1.54, 1.807) is 18.2 Å². The number of esters is 3. The lowest BCUT2D eigenvalue weighted by molar-refractivity contribution is -0.249. The maximum absolute atomic E-state index is 11.9. The molecule has 2 aliphatic heterocycles. The van der Waals surface area contributed by atoms with Crippen molar-refractivity contribution in [1.29, 1.82) is 0 Å². The number of ether oxygens (including phenoxy) is 6. The highest BCUT2D eigenvalue weighted by Gasteiger charge is 2.50. The predicted octanol–water partition coefficient (Wildman–Crippen LogP) is 3.33. The summed E-state index contributed by atoms with van der Waals surface area (Å²) in [5.74, 6) is -1.17. The first-order chi connectivity index (χ1) is 19.1. The number of halogens is 1. The molecule has 11 heteroatoms. The summed E-state index contributed by atoms with van der Waals surface area (Å²) in [5.41, 5.74) is 2.31. The lowest BCUT2D eigenvalue weighted by atomic mass is 9.89. The number of carbonyl (C=O) groups is 3. The van der Waals surface area contributed by atoms with Crippen LogP contribution in [0, 0.1) is 0 Å². The minimum Gasteiger partial charge on any atom is -0.488 e. The van der Waals surface area contributed by atoms with Crippen LogP contribution in [0.4, 0.5) is 0 Å². The molecule has 2 fully saturated rings. The summed E-state index contributed by atoms with van der Waals surface area (Å²) in [5, 5.41) is 11.8. The van der Waals surface area contributed by atoms with Crippen LogP contribution in [-0.4, -0.2) is 73.4 Å². The molecule has 6 atom stereocenters. The van der Waals surface area contributed by atoms with Gasteiger partial charge in [0.1, 0.15) is 36.8 Å². The molecular formula is C29H33ClO10. The van der Waals surface area contributed by atoms with Gasteiger partial charge in [0.15, 0.2) is 12.2 Å². The van der Waals surface area contributed by atoms with Crippen LogP contribution in [0.5, 0.6) is 5.75 Å². The molecule has 0 bridgehead atoms. The van der Waals surface area contributed by atoms with Crippen molar-refractivity contribution >= 4 is 29.5 Å². The molecule has 0 unspecified atom stereocenters. The zero-order chi connectivity index (χ0) is 28.8. The summed E-state index contributed by atoms with van der Waals surface area (Å²) in [6, 6.07) is 12.9. The molecule has 40 heavy (non-hydrogen) atoms. The molecule has 0 saturated carbocycles. The van der Waals surface area contributed by atoms with E-state index in [1.165, 1.54) is 20.8 Å². The molecule has 2 aromatic rings. The van der Waals surface area contributed by atoms with E-state index in [-0.39, 0.29) is 12.7 Å². The summed E-state index contributed by atoms with van der Waals surface area (Å²) in [6.45, 7) is 4.60. The van der Waals surface area contributed by atoms with Gasteiger partial charge in [-0.2, -0.15) is 0 Å². The van der Waals surface area contributed by atoms with Crippen LogP contribution < -0.4 is 4.74 Å². The highest BCUT2D eigenvalue weighted by molar-refractivity contribution is 6.31. The van der Waals surface area contributed by atoms with Gasteiger partial charge < -0.3 is 33.5 Å². The number of aliphatic hydroxyl groups excluding tert-OH is 1. The summed E-state index contributed by atoms with van der Waals surface area (Å²) < 4.78 is 33.3. The van der Waals surface area contributed by atoms with E-state index in [0.29, 0.717) is 30.2 Å². The first-order valence-corrected chi connectivity index (χ1v) is 13.4. The number of benzene rings is 2. The van der Waals surface area contributed by atoms with Crippen molar-refractivity contribution in [2.45, 2.75) is 70.2 Å². The predicted molar refractivity (Wildman–Crippen MR) is 142 cm³/mol. The lowest BCUT2D eigenvalue weighted by Gasteiger charge is -2.43. The zero-order valence-corrected chi connectivity index (χ0v) is 23.3. The van der Waals surface area contributed by atoms with Crippen molar-refractivity contribution < 1.29 is 47.9 Å². The van der Waals surface area contributed by atoms with Gasteiger partial charge in [0.2, 0.25) is 0 Å². The van der Waals surface area contributed by atoms with Gasteiger partial charge in [-0.3, -0.25) is 14.4 Å². The number of hydrogen-bond acceptors (Lipinski definition) is 10. The van der Waals surface area contributed by atoms with Crippen molar-refractivity contribution in [2.24, 2.45) is 0 Å². The summed E-state index contributed by atoms with van der Waals surface area (Å²) >= 11 is 6.53. The number of carbonyl (C=O) groups excluding carboxylic acids is 3. The second-order valence-electron chi connectivity index (χ2n) is 9.81. The Hall–Kier alpha value is -3.18. The summed E-state index contributed by atoms with van der Waals surface area (Å²) in [6.07, 6.45) is -4.47. The Labute approximate surface area is 237 Å². The Morgan fingerprint density at radius 2 is 1.68 bits per heavy atom. The normalized spacial score (nSPS) is 26.1. The van der Waals surface area contributed by atoms with Gasteiger partial charge in [-0.05, 0) is 41.3 Å². The van der Waals surface area contributed by atoms with E-state index in [0.717, 1.165) is 23.3 Å². The van der Waals surface area contributed by atoms with E-state index >= 15 is 0 Å². The van der Waals surface area contributed by atoms with Gasteiger partial charge in [0, 0.05) is 32.2 Å². The van der Waals surface area contributed by atoms with Crippen LogP contribution in [0.15, 0.2) is 42.5 Å². The van der Waals surface area contributed by atoms with Crippen molar-refractivity contribution in [2.75, 3.05) is 19.8 Å². The zero-order valence-electron chi connectivity index (χ0n) is 22.5. The van der Waals surface area contributed by atoms with Crippen molar-refractivity contribution in [3.8, 4) is 5.75 Å². The van der Waals surface area contributed by atoms with Gasteiger partial charge >= 0.3 is 17.9 Å². The van der Waals surface area contributed by atoms with Gasteiger partial charge in [-0.15, -0.1) is 0 Å². The SMILES string of the molecule is CC(=O)OC[C@H]1O[C@@H](c2ccc(Cl)c(Cc3ccc(O[C@H]4CCOC4)cc3)c2)[C@H](O)[C@@H](OC(C)=O)[C@@H]1OC(C)=O. The van der Waals surface area contributed by atoms with Crippen molar-refractivity contribution in [3.05, 3.63) is 64.2 Å². The van der Waals surface area contributed by atoms with E-state index in [1.807, 2.05) is 24.3 Å². The number of rotatable bonds is 9. The number of hydrogen-bond donors (Lipinski definition) is 1. The molecule has 0 spiro atoms. The highest BCUT2D eigenvalue weighted by atomic mass is 35.5. The standard InChI is InChI=1S/C29H33ClO10/c1-16(31)36-15-25-28(37-17(2)32)29(38-18(3)33)26(34)27(40-25)20-6-9-24(30)21(13-20)12-19-4-7-22(8-5-19)39-23-10-11-35-14-23/h4-9,13,23,25-29,34H,10-12,14-15H2,1-3H3/t23-,25+,26-,27-,28+,29+/m0/s1. The molecule has 0 amide bonds. The van der Waals surface area contributed by atoms with Gasteiger partial charge in [0.25, 0.3) is 0 Å². The molecular weight excluding hydrogens is 544 g/mol. The molecule has 0 radical (unpaired) electrons. The largest absolute Gasteiger partial charge is 0.488 e. The summed E-state index contributed by atoms with van der Waals surface area (Å²) in [7, 11) is 0. The Balaban J connectivity index is 1.56. The first kappa shape index (κ1) is 29.8. The van der Waals surface area contributed by atoms with Crippen molar-refractivity contribution in [3.63, 3.8) is 0 Å². The molecule has 216 valence electrons. The summed E-state index contributed by atoms with van der Waals surface area (Å²) in [4.78, 5) is 35.2. The van der Waals surface area contributed by atoms with Crippen LogP contribution in [0.3, 0.4) is 0 Å².